The lowest BCUT2D eigenvalue weighted by Gasteiger charge is -2.29. The van der Waals surface area contributed by atoms with Crippen molar-refractivity contribution in [1.29, 1.82) is 0 Å². The fraction of sp³-hybridized carbons (Fsp3) is 0.357. The normalized spacial score (nSPS) is 26.2. The number of likely N-dealkylation sites (N-methyl/N-ethyl adjacent to an activating group) is 1. The zero-order valence-corrected chi connectivity index (χ0v) is 21.2. The molecule has 0 unspecified atom stereocenters. The van der Waals surface area contributed by atoms with Crippen molar-refractivity contribution in [3.05, 3.63) is 102 Å². The molecule has 36 heavy (non-hydrogen) atoms. The first kappa shape index (κ1) is 25.1. The Morgan fingerprint density at radius 2 is 1.36 bits per heavy atom. The lowest BCUT2D eigenvalue weighted by atomic mass is 10.0. The minimum absolute atomic E-state index is 0.113. The van der Waals surface area contributed by atoms with Crippen LogP contribution in [0.4, 0.5) is 0 Å². The second-order valence-corrected chi connectivity index (χ2v) is 10.9. The van der Waals surface area contributed by atoms with Gasteiger partial charge in [-0.15, -0.1) is 0 Å². The van der Waals surface area contributed by atoms with Crippen LogP contribution in [-0.4, -0.2) is 51.5 Å². The molecular formula is C28H31NO6S. The van der Waals surface area contributed by atoms with Gasteiger partial charge in [-0.25, -0.2) is 0 Å². The van der Waals surface area contributed by atoms with Gasteiger partial charge in [0, 0.05) is 13.0 Å². The van der Waals surface area contributed by atoms with Crippen LogP contribution in [0, 0.1) is 12.8 Å². The van der Waals surface area contributed by atoms with E-state index in [1.165, 1.54) is 0 Å². The molecule has 1 heterocycles. The van der Waals surface area contributed by atoms with Gasteiger partial charge in [-0.1, -0.05) is 78.4 Å². The summed E-state index contributed by atoms with van der Waals surface area (Å²) in [5.41, 5.74) is 2.98. The molecule has 0 aromatic heterocycles. The molecule has 3 aromatic rings. The van der Waals surface area contributed by atoms with Crippen molar-refractivity contribution in [1.82, 2.24) is 5.06 Å². The maximum Gasteiger partial charge on any atom is 0.297 e. The van der Waals surface area contributed by atoms with E-state index in [4.69, 9.17) is 18.5 Å². The molecule has 5 atom stereocenters. The topological polar surface area (TPSA) is 74.3 Å². The van der Waals surface area contributed by atoms with Gasteiger partial charge in [0.2, 0.25) is 0 Å². The largest absolute Gasteiger partial charge is 0.370 e. The summed E-state index contributed by atoms with van der Waals surface area (Å²) in [5, 5.41) is 1.69. The highest BCUT2D eigenvalue weighted by Crippen LogP contribution is 2.42. The van der Waals surface area contributed by atoms with Crippen LogP contribution in [0.2, 0.25) is 0 Å². The third-order valence-corrected chi connectivity index (χ3v) is 8.18. The summed E-state index contributed by atoms with van der Waals surface area (Å²) in [7, 11) is -2.25. The molecule has 0 amide bonds. The summed E-state index contributed by atoms with van der Waals surface area (Å²) < 4.78 is 45.4. The van der Waals surface area contributed by atoms with E-state index in [0.29, 0.717) is 19.8 Å². The Kier molecular flexibility index (Phi) is 7.52. The number of benzene rings is 3. The fourth-order valence-corrected chi connectivity index (χ4v) is 6.08. The van der Waals surface area contributed by atoms with Gasteiger partial charge in [-0.05, 0) is 30.2 Å². The highest BCUT2D eigenvalue weighted by molar-refractivity contribution is 7.86. The molecule has 7 nitrogen and oxygen atoms in total. The van der Waals surface area contributed by atoms with Gasteiger partial charge in [-0.3, -0.25) is 9.02 Å². The summed E-state index contributed by atoms with van der Waals surface area (Å²) in [4.78, 5) is 5.92. The van der Waals surface area contributed by atoms with Crippen LogP contribution in [0.15, 0.2) is 89.8 Å². The predicted octanol–water partition coefficient (Wildman–Crippen LogP) is 4.12. The van der Waals surface area contributed by atoms with Gasteiger partial charge in [0.25, 0.3) is 10.1 Å². The van der Waals surface area contributed by atoms with E-state index >= 15 is 0 Å². The average molecular weight is 510 g/mol. The van der Waals surface area contributed by atoms with Crippen LogP contribution in [0.1, 0.15) is 16.7 Å². The molecule has 190 valence electrons. The number of nitrogens with zero attached hydrogens (tertiary/aromatic N) is 1. The molecule has 0 spiro atoms. The third-order valence-electron chi connectivity index (χ3n) is 6.85. The molecule has 0 N–H and O–H groups in total. The number of hydrogen-bond acceptors (Lipinski definition) is 7. The fourth-order valence-electron chi connectivity index (χ4n) is 4.98. The highest BCUT2D eigenvalue weighted by Gasteiger charge is 2.59. The number of ether oxygens (including phenoxy) is 2. The van der Waals surface area contributed by atoms with Gasteiger partial charge < -0.3 is 9.47 Å². The Labute approximate surface area is 212 Å². The van der Waals surface area contributed by atoms with Gasteiger partial charge in [0.05, 0.1) is 36.9 Å². The van der Waals surface area contributed by atoms with Crippen LogP contribution >= 0.6 is 0 Å². The first-order chi connectivity index (χ1) is 17.4. The number of hydrogen-bond donors (Lipinski definition) is 0. The SMILES string of the molecule is Cc1ccc(S(=O)(=O)O[C@H]2[C@@H](OCc3ccccc3)[C@@H](OCc3ccccc3)[C@@H]3CON(C)[C@H]32)cc1. The maximum absolute atomic E-state index is 13.3. The number of aryl methyl sites for hydroxylation is 1. The molecule has 1 saturated heterocycles. The Morgan fingerprint density at radius 1 is 0.806 bits per heavy atom. The molecule has 8 heteroatoms. The summed E-state index contributed by atoms with van der Waals surface area (Å²) >= 11 is 0. The highest BCUT2D eigenvalue weighted by atomic mass is 32.2. The van der Waals surface area contributed by atoms with E-state index < -0.39 is 28.4 Å². The molecule has 3 aromatic carbocycles. The van der Waals surface area contributed by atoms with Crippen molar-refractivity contribution in [3.8, 4) is 0 Å². The molecular weight excluding hydrogens is 478 g/mol. The van der Waals surface area contributed by atoms with Crippen LogP contribution in [-0.2, 0) is 41.8 Å². The van der Waals surface area contributed by atoms with Crippen molar-refractivity contribution in [2.24, 2.45) is 5.92 Å². The molecule has 2 aliphatic rings. The van der Waals surface area contributed by atoms with Crippen LogP contribution in [0.5, 0.6) is 0 Å². The van der Waals surface area contributed by atoms with Crippen LogP contribution in [0.3, 0.4) is 0 Å². The summed E-state index contributed by atoms with van der Waals surface area (Å²) in [5.74, 6) is -0.113. The van der Waals surface area contributed by atoms with E-state index in [9.17, 15) is 8.42 Å². The van der Waals surface area contributed by atoms with E-state index in [2.05, 4.69) is 0 Å². The first-order valence-corrected chi connectivity index (χ1v) is 13.5. The lowest BCUT2D eigenvalue weighted by Crippen LogP contribution is -2.44. The zero-order valence-electron chi connectivity index (χ0n) is 20.4. The quantitative estimate of drug-likeness (QED) is 0.402. The van der Waals surface area contributed by atoms with Gasteiger partial charge >= 0.3 is 0 Å². The predicted molar refractivity (Wildman–Crippen MR) is 134 cm³/mol. The van der Waals surface area contributed by atoms with Crippen molar-refractivity contribution in [2.75, 3.05) is 13.7 Å². The zero-order chi connectivity index (χ0) is 25.1. The average Bonchev–Trinajstić information content (AvgIpc) is 3.40. The summed E-state index contributed by atoms with van der Waals surface area (Å²) in [6.07, 6.45) is -1.84. The van der Waals surface area contributed by atoms with E-state index in [-0.39, 0.29) is 16.9 Å². The molecule has 1 saturated carbocycles. The van der Waals surface area contributed by atoms with Crippen LogP contribution in [0.25, 0.3) is 0 Å². The van der Waals surface area contributed by atoms with Crippen molar-refractivity contribution >= 4 is 10.1 Å². The lowest BCUT2D eigenvalue weighted by molar-refractivity contribution is -0.159. The number of rotatable bonds is 9. The molecule has 5 rings (SSSR count). The first-order valence-electron chi connectivity index (χ1n) is 12.1. The van der Waals surface area contributed by atoms with Crippen LogP contribution < -0.4 is 0 Å². The standard InChI is InChI=1S/C28H31NO6S/c1-20-13-15-23(16-14-20)36(30,31)35-27-25-24(19-34-29(25)2)26(32-17-21-9-5-3-6-10-21)28(27)33-18-22-11-7-4-8-12-22/h3-16,24-28H,17-19H2,1-2H3/t24-,25-,26+,27-,28+/m1/s1. The number of hydroxylamine groups is 2. The Balaban J connectivity index is 1.44. The summed E-state index contributed by atoms with van der Waals surface area (Å²) in [6, 6.07) is 26.0. The molecule has 2 fully saturated rings. The molecule has 1 aliphatic carbocycles. The Morgan fingerprint density at radius 3 is 1.94 bits per heavy atom. The van der Waals surface area contributed by atoms with E-state index in [0.717, 1.165) is 16.7 Å². The van der Waals surface area contributed by atoms with Gasteiger partial charge in [-0.2, -0.15) is 13.5 Å². The molecule has 1 aliphatic heterocycles. The monoisotopic (exact) mass is 509 g/mol. The van der Waals surface area contributed by atoms with Crippen molar-refractivity contribution in [2.45, 2.75) is 49.4 Å². The maximum atomic E-state index is 13.3. The van der Waals surface area contributed by atoms with Crippen molar-refractivity contribution in [3.63, 3.8) is 0 Å². The second-order valence-electron chi connectivity index (χ2n) is 9.35. The van der Waals surface area contributed by atoms with Gasteiger partial charge in [0.15, 0.2) is 0 Å². The minimum Gasteiger partial charge on any atom is -0.370 e. The smallest absolute Gasteiger partial charge is 0.297 e. The number of fused-ring (bicyclic) bond motifs is 1. The van der Waals surface area contributed by atoms with Crippen molar-refractivity contribution < 1.29 is 26.9 Å². The van der Waals surface area contributed by atoms with E-state index in [1.54, 1.807) is 36.4 Å². The second kappa shape index (κ2) is 10.8. The molecule has 0 bridgehead atoms. The van der Waals surface area contributed by atoms with Gasteiger partial charge in [0.1, 0.15) is 12.2 Å². The van der Waals surface area contributed by atoms with E-state index in [1.807, 2.05) is 67.6 Å². The summed E-state index contributed by atoms with van der Waals surface area (Å²) in [6.45, 7) is 2.99. The Hall–Kier alpha value is -2.59. The minimum atomic E-state index is -4.05. The Bertz CT molecular complexity index is 1240. The molecule has 0 radical (unpaired) electrons. The third kappa shape index (κ3) is 5.39.